The summed E-state index contributed by atoms with van der Waals surface area (Å²) in [6.45, 7) is 6.64. The molecule has 0 fully saturated rings. The lowest BCUT2D eigenvalue weighted by molar-refractivity contribution is 0.214. The Morgan fingerprint density at radius 3 is 2.54 bits per heavy atom. The van der Waals surface area contributed by atoms with Gasteiger partial charge in [0, 0.05) is 48.7 Å². The van der Waals surface area contributed by atoms with Crippen molar-refractivity contribution in [2.75, 3.05) is 42.1 Å². The number of amides is 3. The number of carbonyl (C=O) groups is 2. The zero-order valence-electron chi connectivity index (χ0n) is 20.7. The lowest BCUT2D eigenvalue weighted by Crippen LogP contribution is -2.39. The van der Waals surface area contributed by atoms with Crippen LogP contribution in [-0.4, -0.2) is 57.7 Å². The fraction of sp³-hybridized carbons (Fsp3) is 0.231. The van der Waals surface area contributed by atoms with Gasteiger partial charge in [0.05, 0.1) is 5.52 Å². The SMILES string of the molecule is CCNCCN(CC)C(=O)Nc1cc(Nc2cccc3c2ccn3C(=O)Nc2ccc(F)cc2)ncn1. The number of rotatable bonds is 9. The van der Waals surface area contributed by atoms with Crippen LogP contribution in [0.3, 0.4) is 0 Å². The van der Waals surface area contributed by atoms with Crippen LogP contribution in [0, 0.1) is 5.82 Å². The van der Waals surface area contributed by atoms with E-state index >= 15 is 0 Å². The van der Waals surface area contributed by atoms with Gasteiger partial charge in [0.1, 0.15) is 23.8 Å². The van der Waals surface area contributed by atoms with Crippen LogP contribution in [-0.2, 0) is 0 Å². The summed E-state index contributed by atoms with van der Waals surface area (Å²) in [4.78, 5) is 35.6. The number of anilines is 4. The number of hydrogen-bond acceptors (Lipinski definition) is 6. The maximum atomic E-state index is 13.2. The van der Waals surface area contributed by atoms with Crippen molar-refractivity contribution in [2.45, 2.75) is 13.8 Å². The number of aromatic nitrogens is 3. The number of halogens is 1. The second-order valence-corrected chi connectivity index (χ2v) is 8.14. The normalized spacial score (nSPS) is 10.8. The molecule has 0 atom stereocenters. The molecule has 0 aliphatic heterocycles. The number of nitrogens with zero attached hydrogens (tertiary/aromatic N) is 4. The minimum absolute atomic E-state index is 0.239. The summed E-state index contributed by atoms with van der Waals surface area (Å²) in [5.74, 6) is 0.476. The summed E-state index contributed by atoms with van der Waals surface area (Å²) in [5.41, 5.74) is 1.88. The molecular formula is C26H29FN8O2. The summed E-state index contributed by atoms with van der Waals surface area (Å²) in [7, 11) is 0. The van der Waals surface area contributed by atoms with Crippen molar-refractivity contribution in [3.8, 4) is 0 Å². The van der Waals surface area contributed by atoms with Gasteiger partial charge in [-0.05, 0) is 55.9 Å². The number of likely N-dealkylation sites (N-methyl/N-ethyl adjacent to an activating group) is 2. The van der Waals surface area contributed by atoms with Gasteiger partial charge in [0.15, 0.2) is 0 Å². The average Bonchev–Trinajstić information content (AvgIpc) is 3.34. The molecule has 4 aromatic rings. The molecule has 4 N–H and O–H groups in total. The lowest BCUT2D eigenvalue weighted by atomic mass is 10.2. The number of carbonyl (C=O) groups excluding carboxylic acids is 2. The van der Waals surface area contributed by atoms with E-state index in [2.05, 4.69) is 31.2 Å². The highest BCUT2D eigenvalue weighted by molar-refractivity contribution is 6.02. The first kappa shape index (κ1) is 25.6. The first-order valence-corrected chi connectivity index (χ1v) is 12.0. The summed E-state index contributed by atoms with van der Waals surface area (Å²) in [6.07, 6.45) is 3.03. The second-order valence-electron chi connectivity index (χ2n) is 8.14. The summed E-state index contributed by atoms with van der Waals surface area (Å²) < 4.78 is 14.6. The largest absolute Gasteiger partial charge is 0.340 e. The van der Waals surface area contributed by atoms with Gasteiger partial charge < -0.3 is 20.9 Å². The highest BCUT2D eigenvalue weighted by Gasteiger charge is 2.14. The molecule has 0 saturated carbocycles. The van der Waals surface area contributed by atoms with Crippen molar-refractivity contribution < 1.29 is 14.0 Å². The summed E-state index contributed by atoms with van der Waals surface area (Å²) in [6, 6.07) is 13.9. The molecule has 0 bridgehead atoms. The fourth-order valence-corrected chi connectivity index (χ4v) is 3.79. The van der Waals surface area contributed by atoms with Crippen LogP contribution in [0.5, 0.6) is 0 Å². The third-order valence-electron chi connectivity index (χ3n) is 5.69. The maximum Gasteiger partial charge on any atom is 0.330 e. The van der Waals surface area contributed by atoms with Crippen LogP contribution < -0.4 is 21.3 Å². The molecule has 4 rings (SSSR count). The van der Waals surface area contributed by atoms with Crippen molar-refractivity contribution in [1.29, 1.82) is 0 Å². The number of fused-ring (bicyclic) bond motifs is 1. The number of urea groups is 1. The first-order chi connectivity index (χ1) is 18.0. The van der Waals surface area contributed by atoms with E-state index in [1.54, 1.807) is 17.2 Å². The molecule has 0 spiro atoms. The molecule has 0 unspecified atom stereocenters. The molecule has 11 heteroatoms. The zero-order valence-corrected chi connectivity index (χ0v) is 20.7. The molecule has 2 aromatic heterocycles. The monoisotopic (exact) mass is 504 g/mol. The number of benzene rings is 2. The van der Waals surface area contributed by atoms with E-state index in [1.807, 2.05) is 38.1 Å². The molecule has 3 amide bonds. The minimum atomic E-state index is -0.375. The van der Waals surface area contributed by atoms with Crippen molar-refractivity contribution in [3.05, 3.63) is 72.9 Å². The standard InChI is InChI=1S/C26H29FN8O2/c1-3-28-13-15-34(4-2)25(36)33-24-16-23(29-17-30-24)32-21-6-5-7-22-20(21)12-14-35(22)26(37)31-19-10-8-18(27)9-11-19/h5-12,14,16-17,28H,3-4,13,15H2,1-2H3,(H,31,37)(H2,29,30,32,33,36). The fourth-order valence-electron chi connectivity index (χ4n) is 3.79. The molecule has 0 saturated heterocycles. The molecule has 2 aromatic carbocycles. The predicted molar refractivity (Wildman–Crippen MR) is 143 cm³/mol. The Morgan fingerprint density at radius 1 is 1.00 bits per heavy atom. The Balaban J connectivity index is 1.47. The molecule has 10 nitrogen and oxygen atoms in total. The number of hydrogen-bond donors (Lipinski definition) is 4. The van der Waals surface area contributed by atoms with Gasteiger partial charge in [-0.25, -0.2) is 23.9 Å². The van der Waals surface area contributed by atoms with Crippen LogP contribution in [0.25, 0.3) is 10.9 Å². The maximum absolute atomic E-state index is 13.2. The van der Waals surface area contributed by atoms with Crippen molar-refractivity contribution in [3.63, 3.8) is 0 Å². The van der Waals surface area contributed by atoms with E-state index in [0.717, 1.165) is 17.6 Å². The van der Waals surface area contributed by atoms with E-state index in [0.29, 0.717) is 42.5 Å². The van der Waals surface area contributed by atoms with Gasteiger partial charge in [-0.2, -0.15) is 0 Å². The van der Waals surface area contributed by atoms with Crippen LogP contribution >= 0.6 is 0 Å². The van der Waals surface area contributed by atoms with Crippen LogP contribution in [0.4, 0.5) is 37.0 Å². The third kappa shape index (κ3) is 6.39. The van der Waals surface area contributed by atoms with Gasteiger partial charge in [0.2, 0.25) is 0 Å². The van der Waals surface area contributed by atoms with Gasteiger partial charge >= 0.3 is 12.1 Å². The van der Waals surface area contributed by atoms with Crippen molar-refractivity contribution in [1.82, 2.24) is 24.8 Å². The highest BCUT2D eigenvalue weighted by atomic mass is 19.1. The zero-order chi connectivity index (χ0) is 26.2. The smallest absolute Gasteiger partial charge is 0.330 e. The Labute approximate surface area is 213 Å². The quantitative estimate of drug-likeness (QED) is 0.242. The molecule has 2 heterocycles. The van der Waals surface area contributed by atoms with E-state index in [-0.39, 0.29) is 17.9 Å². The van der Waals surface area contributed by atoms with Gasteiger partial charge in [-0.15, -0.1) is 0 Å². The third-order valence-corrected chi connectivity index (χ3v) is 5.69. The second kappa shape index (κ2) is 12.0. The molecule has 0 aliphatic carbocycles. The van der Waals surface area contributed by atoms with E-state index in [1.165, 1.54) is 35.2 Å². The molecule has 0 radical (unpaired) electrons. The lowest BCUT2D eigenvalue weighted by Gasteiger charge is -2.21. The van der Waals surface area contributed by atoms with Gasteiger partial charge in [-0.1, -0.05) is 13.0 Å². The van der Waals surface area contributed by atoms with Gasteiger partial charge in [0.25, 0.3) is 0 Å². The highest BCUT2D eigenvalue weighted by Crippen LogP contribution is 2.27. The Bertz CT molecular complexity index is 1370. The number of nitrogens with one attached hydrogen (secondary N) is 4. The Morgan fingerprint density at radius 2 is 1.78 bits per heavy atom. The van der Waals surface area contributed by atoms with E-state index < -0.39 is 0 Å². The van der Waals surface area contributed by atoms with Crippen LogP contribution in [0.2, 0.25) is 0 Å². The molecular weight excluding hydrogens is 475 g/mol. The van der Waals surface area contributed by atoms with E-state index in [4.69, 9.17) is 0 Å². The van der Waals surface area contributed by atoms with Crippen LogP contribution in [0.15, 0.2) is 67.1 Å². The summed E-state index contributed by atoms with van der Waals surface area (Å²) in [5, 5.41) is 12.8. The minimum Gasteiger partial charge on any atom is -0.340 e. The Hall–Kier alpha value is -4.51. The molecule has 37 heavy (non-hydrogen) atoms. The predicted octanol–water partition coefficient (Wildman–Crippen LogP) is 4.86. The Kier molecular flexibility index (Phi) is 8.26. The van der Waals surface area contributed by atoms with Crippen LogP contribution in [0.1, 0.15) is 13.8 Å². The summed E-state index contributed by atoms with van der Waals surface area (Å²) >= 11 is 0. The first-order valence-electron chi connectivity index (χ1n) is 12.0. The average molecular weight is 505 g/mol. The molecule has 0 aliphatic rings. The topological polar surface area (TPSA) is 116 Å². The molecule has 192 valence electrons. The van der Waals surface area contributed by atoms with E-state index in [9.17, 15) is 14.0 Å². The van der Waals surface area contributed by atoms with Crippen molar-refractivity contribution >= 4 is 46.0 Å². The van der Waals surface area contributed by atoms with Crippen molar-refractivity contribution in [2.24, 2.45) is 0 Å². The van der Waals surface area contributed by atoms with Gasteiger partial charge in [-0.3, -0.25) is 9.88 Å².